The number of piperidine rings is 1. The van der Waals surface area contributed by atoms with Gasteiger partial charge in [0.25, 0.3) is 0 Å². The monoisotopic (exact) mass is 433 g/mol. The quantitative estimate of drug-likeness (QED) is 0.511. The molecule has 1 aliphatic heterocycles. The van der Waals surface area contributed by atoms with E-state index < -0.39 is 0 Å². The highest BCUT2D eigenvalue weighted by atomic mass is 32.1. The number of anilines is 2. The van der Waals surface area contributed by atoms with Gasteiger partial charge in [-0.15, -0.1) is 0 Å². The van der Waals surface area contributed by atoms with E-state index in [1.807, 2.05) is 49.4 Å². The molecule has 0 unspecified atom stereocenters. The van der Waals surface area contributed by atoms with Crippen LogP contribution in [0.5, 0.6) is 0 Å². The first kappa shape index (κ1) is 19.6. The van der Waals surface area contributed by atoms with Crippen molar-refractivity contribution in [3.63, 3.8) is 0 Å². The number of rotatable bonds is 4. The van der Waals surface area contributed by atoms with E-state index in [2.05, 4.69) is 21.3 Å². The minimum atomic E-state index is -0.191. The van der Waals surface area contributed by atoms with E-state index in [9.17, 15) is 9.59 Å². The molecule has 3 heterocycles. The van der Waals surface area contributed by atoms with Gasteiger partial charge in [0.2, 0.25) is 5.91 Å². The van der Waals surface area contributed by atoms with Gasteiger partial charge in [-0.2, -0.15) is 0 Å². The normalized spacial score (nSPS) is 14.8. The number of nitrogens with zero attached hydrogens (tertiary/aromatic N) is 3. The van der Waals surface area contributed by atoms with E-state index in [1.165, 1.54) is 4.70 Å². The van der Waals surface area contributed by atoms with Crippen molar-refractivity contribution < 1.29 is 4.79 Å². The summed E-state index contributed by atoms with van der Waals surface area (Å²) in [5.41, 5.74) is 3.08. The smallest absolute Gasteiger partial charge is 0.330 e. The molecule has 0 atom stereocenters. The summed E-state index contributed by atoms with van der Waals surface area (Å²) in [4.78, 5) is 34.6. The number of H-pyrrole nitrogens is 1. The molecule has 0 radical (unpaired) electrons. The third-order valence-corrected chi connectivity index (χ3v) is 6.85. The van der Waals surface area contributed by atoms with Crippen LogP contribution in [0.4, 0.5) is 10.8 Å². The van der Waals surface area contributed by atoms with Gasteiger partial charge in [0, 0.05) is 36.6 Å². The highest BCUT2D eigenvalue weighted by molar-refractivity contribution is 7.22. The SMILES string of the molecule is Cc1c[nH]c(=O)n1-c1cccc(NC(=O)C2CCN(c3nc4ccccc4s3)CC2)c1. The average Bonchev–Trinajstić information content (AvgIpc) is 3.37. The Morgan fingerprint density at radius 3 is 2.71 bits per heavy atom. The Bertz CT molecular complexity index is 1260. The Morgan fingerprint density at radius 1 is 1.16 bits per heavy atom. The van der Waals surface area contributed by atoms with Crippen LogP contribution in [0.15, 0.2) is 59.5 Å². The fraction of sp³-hybridized carbons (Fsp3) is 0.261. The summed E-state index contributed by atoms with van der Waals surface area (Å²) in [6.07, 6.45) is 3.25. The molecule has 2 aromatic carbocycles. The van der Waals surface area contributed by atoms with Gasteiger partial charge in [0.1, 0.15) is 0 Å². The second-order valence-electron chi connectivity index (χ2n) is 7.84. The molecule has 0 bridgehead atoms. The molecule has 7 nitrogen and oxygen atoms in total. The molecular formula is C23H23N5O2S. The summed E-state index contributed by atoms with van der Waals surface area (Å²) in [7, 11) is 0. The van der Waals surface area contributed by atoms with Crippen LogP contribution in [-0.2, 0) is 4.79 Å². The van der Waals surface area contributed by atoms with Crippen molar-refractivity contribution in [1.82, 2.24) is 14.5 Å². The fourth-order valence-electron chi connectivity index (χ4n) is 4.07. The van der Waals surface area contributed by atoms with E-state index in [-0.39, 0.29) is 17.5 Å². The van der Waals surface area contributed by atoms with Crippen LogP contribution in [-0.4, -0.2) is 33.5 Å². The highest BCUT2D eigenvalue weighted by Gasteiger charge is 2.26. The molecule has 158 valence electrons. The fourth-order valence-corrected chi connectivity index (χ4v) is 5.09. The van der Waals surface area contributed by atoms with Gasteiger partial charge in [-0.05, 0) is 50.1 Å². The zero-order valence-corrected chi connectivity index (χ0v) is 18.0. The number of para-hydroxylation sites is 1. The minimum Gasteiger partial charge on any atom is -0.348 e. The number of fused-ring (bicyclic) bond motifs is 1. The van der Waals surface area contributed by atoms with Crippen LogP contribution in [0, 0.1) is 12.8 Å². The Hall–Kier alpha value is -3.39. The van der Waals surface area contributed by atoms with Crippen LogP contribution >= 0.6 is 11.3 Å². The number of nitrogens with one attached hydrogen (secondary N) is 2. The number of carbonyl (C=O) groups excluding carboxylic acids is 1. The van der Waals surface area contributed by atoms with E-state index in [1.54, 1.807) is 22.1 Å². The lowest BCUT2D eigenvalue weighted by atomic mass is 9.96. The Balaban J connectivity index is 1.24. The van der Waals surface area contributed by atoms with Crippen molar-refractivity contribution in [2.75, 3.05) is 23.3 Å². The van der Waals surface area contributed by atoms with E-state index in [0.717, 1.165) is 48.0 Å². The molecule has 1 aliphatic rings. The maximum Gasteiger partial charge on any atom is 0.330 e. The van der Waals surface area contributed by atoms with Gasteiger partial charge in [-0.3, -0.25) is 9.36 Å². The molecule has 1 amide bonds. The van der Waals surface area contributed by atoms with Crippen molar-refractivity contribution in [1.29, 1.82) is 0 Å². The summed E-state index contributed by atoms with van der Waals surface area (Å²) in [5, 5.41) is 4.06. The molecule has 1 saturated heterocycles. The number of carbonyl (C=O) groups is 1. The number of benzene rings is 2. The molecule has 2 N–H and O–H groups in total. The molecule has 5 rings (SSSR count). The van der Waals surface area contributed by atoms with E-state index in [0.29, 0.717) is 5.69 Å². The van der Waals surface area contributed by atoms with Crippen LogP contribution < -0.4 is 15.9 Å². The van der Waals surface area contributed by atoms with E-state index >= 15 is 0 Å². The summed E-state index contributed by atoms with van der Waals surface area (Å²) in [6.45, 7) is 3.49. The number of aromatic amines is 1. The number of amides is 1. The molecule has 2 aromatic heterocycles. The van der Waals surface area contributed by atoms with Gasteiger partial charge in [-0.1, -0.05) is 29.5 Å². The predicted octanol–water partition coefficient (Wildman–Crippen LogP) is 3.94. The number of imidazole rings is 1. The van der Waals surface area contributed by atoms with Crippen molar-refractivity contribution in [3.8, 4) is 5.69 Å². The Labute approximate surface area is 183 Å². The standard InChI is InChI=1S/C23H23N5O2S/c1-15-14-24-22(30)28(15)18-6-4-5-17(13-18)25-21(29)16-9-11-27(12-10-16)23-26-19-7-2-3-8-20(19)31-23/h2-8,13-14,16H,9-12H2,1H3,(H,24,30)(H,25,29). The number of aryl methyl sites for hydroxylation is 1. The van der Waals surface area contributed by atoms with Gasteiger partial charge in [-0.25, -0.2) is 9.78 Å². The highest BCUT2D eigenvalue weighted by Crippen LogP contribution is 2.31. The maximum atomic E-state index is 12.9. The van der Waals surface area contributed by atoms with Crippen molar-refractivity contribution in [3.05, 3.63) is 70.9 Å². The zero-order chi connectivity index (χ0) is 21.4. The second kappa shape index (κ2) is 8.03. The first-order valence-corrected chi connectivity index (χ1v) is 11.2. The van der Waals surface area contributed by atoms with Gasteiger partial charge < -0.3 is 15.2 Å². The lowest BCUT2D eigenvalue weighted by Crippen LogP contribution is -2.38. The van der Waals surface area contributed by atoms with Gasteiger partial charge >= 0.3 is 5.69 Å². The second-order valence-corrected chi connectivity index (χ2v) is 8.84. The number of aromatic nitrogens is 3. The number of hydrogen-bond donors (Lipinski definition) is 2. The first-order valence-electron chi connectivity index (χ1n) is 10.4. The van der Waals surface area contributed by atoms with Crippen LogP contribution in [0.1, 0.15) is 18.5 Å². The Morgan fingerprint density at radius 2 is 1.97 bits per heavy atom. The predicted molar refractivity (Wildman–Crippen MR) is 124 cm³/mol. The van der Waals surface area contributed by atoms with Crippen molar-refractivity contribution in [2.45, 2.75) is 19.8 Å². The van der Waals surface area contributed by atoms with Crippen molar-refractivity contribution >= 4 is 38.3 Å². The molecule has 1 fully saturated rings. The number of thiazole rings is 1. The third kappa shape index (κ3) is 3.86. The molecule has 0 spiro atoms. The first-order chi connectivity index (χ1) is 15.1. The third-order valence-electron chi connectivity index (χ3n) is 5.75. The molecule has 31 heavy (non-hydrogen) atoms. The summed E-state index contributed by atoms with van der Waals surface area (Å²) >= 11 is 1.70. The Kier molecular flexibility index (Phi) is 5.07. The zero-order valence-electron chi connectivity index (χ0n) is 17.2. The van der Waals surface area contributed by atoms with Crippen LogP contribution in [0.2, 0.25) is 0 Å². The molecule has 4 aromatic rings. The van der Waals surface area contributed by atoms with Gasteiger partial charge in [0.15, 0.2) is 5.13 Å². The lowest BCUT2D eigenvalue weighted by molar-refractivity contribution is -0.120. The lowest BCUT2D eigenvalue weighted by Gasteiger charge is -2.31. The van der Waals surface area contributed by atoms with Crippen LogP contribution in [0.3, 0.4) is 0 Å². The van der Waals surface area contributed by atoms with E-state index in [4.69, 9.17) is 4.98 Å². The summed E-state index contributed by atoms with van der Waals surface area (Å²) in [5.74, 6) is -0.00904. The molecular weight excluding hydrogens is 410 g/mol. The molecule has 8 heteroatoms. The average molecular weight is 434 g/mol. The van der Waals surface area contributed by atoms with Crippen LogP contribution in [0.25, 0.3) is 15.9 Å². The molecule has 0 saturated carbocycles. The van der Waals surface area contributed by atoms with Crippen molar-refractivity contribution in [2.24, 2.45) is 5.92 Å². The largest absolute Gasteiger partial charge is 0.348 e. The summed E-state index contributed by atoms with van der Waals surface area (Å²) in [6, 6.07) is 15.5. The summed E-state index contributed by atoms with van der Waals surface area (Å²) < 4.78 is 2.78. The number of hydrogen-bond acceptors (Lipinski definition) is 5. The topological polar surface area (TPSA) is 83.0 Å². The molecule has 0 aliphatic carbocycles. The minimum absolute atomic E-state index is 0.0271. The maximum absolute atomic E-state index is 12.9. The van der Waals surface area contributed by atoms with Gasteiger partial charge in [0.05, 0.1) is 15.9 Å².